The zero-order chi connectivity index (χ0) is 25.7. The second kappa shape index (κ2) is 11.6. The Balaban J connectivity index is 1.51. The number of fused-ring (bicyclic) bond motifs is 1. The highest BCUT2D eigenvalue weighted by Crippen LogP contribution is 2.34. The van der Waals surface area contributed by atoms with Crippen molar-refractivity contribution < 1.29 is 14.3 Å². The van der Waals surface area contributed by atoms with E-state index in [2.05, 4.69) is 16.8 Å². The van der Waals surface area contributed by atoms with Crippen LogP contribution in [-0.4, -0.2) is 47.5 Å². The van der Waals surface area contributed by atoms with E-state index in [0.717, 1.165) is 41.0 Å². The van der Waals surface area contributed by atoms with Crippen LogP contribution in [0.25, 0.3) is 0 Å². The highest BCUT2D eigenvalue weighted by molar-refractivity contribution is 7.10. The summed E-state index contributed by atoms with van der Waals surface area (Å²) in [6.45, 7) is 9.04. The molecule has 1 aliphatic heterocycles. The molecule has 36 heavy (non-hydrogen) atoms. The Morgan fingerprint density at radius 2 is 1.89 bits per heavy atom. The Labute approximate surface area is 217 Å². The average Bonchev–Trinajstić information content (AvgIpc) is 3.36. The molecule has 0 unspecified atom stereocenters. The molecule has 1 N–H and O–H groups in total. The third-order valence-corrected chi connectivity index (χ3v) is 7.89. The maximum Gasteiger partial charge on any atom is 0.322 e. The van der Waals surface area contributed by atoms with E-state index in [0.29, 0.717) is 13.2 Å². The first-order valence-electron chi connectivity index (χ1n) is 12.6. The van der Waals surface area contributed by atoms with E-state index < -0.39 is 0 Å². The van der Waals surface area contributed by atoms with Gasteiger partial charge in [-0.25, -0.2) is 4.79 Å². The number of urea groups is 1. The maximum absolute atomic E-state index is 13.7. The van der Waals surface area contributed by atoms with Gasteiger partial charge >= 0.3 is 6.03 Å². The van der Waals surface area contributed by atoms with Crippen molar-refractivity contribution in [3.8, 4) is 5.75 Å². The lowest BCUT2D eigenvalue weighted by Crippen LogP contribution is -2.50. The van der Waals surface area contributed by atoms with E-state index >= 15 is 0 Å². The van der Waals surface area contributed by atoms with Gasteiger partial charge in [0.05, 0.1) is 6.04 Å². The van der Waals surface area contributed by atoms with Crippen LogP contribution in [0, 0.1) is 13.8 Å². The number of hydrogen-bond donors (Lipinski definition) is 1. The fourth-order valence-electron chi connectivity index (χ4n) is 4.48. The molecule has 1 aromatic heterocycles. The zero-order valence-electron chi connectivity index (χ0n) is 21.5. The number of para-hydroxylation sites is 1. The molecule has 0 saturated heterocycles. The molecule has 0 saturated carbocycles. The average molecular weight is 506 g/mol. The van der Waals surface area contributed by atoms with E-state index in [4.69, 9.17) is 4.74 Å². The predicted octanol–water partition coefficient (Wildman–Crippen LogP) is 6.20. The van der Waals surface area contributed by atoms with Gasteiger partial charge in [0.1, 0.15) is 18.9 Å². The number of benzene rings is 2. The number of nitrogens with zero attached hydrogens (tertiary/aromatic N) is 2. The second-order valence-corrected chi connectivity index (χ2v) is 10.4. The molecule has 0 fully saturated rings. The minimum Gasteiger partial charge on any atom is -0.491 e. The Hall–Kier alpha value is -3.32. The molecular formula is C29H35N3O3S. The van der Waals surface area contributed by atoms with Gasteiger partial charge in [-0.3, -0.25) is 4.79 Å². The topological polar surface area (TPSA) is 61.9 Å². The Bertz CT molecular complexity index is 1190. The third kappa shape index (κ3) is 5.90. The molecule has 7 heteroatoms. The van der Waals surface area contributed by atoms with Crippen LogP contribution < -0.4 is 10.1 Å². The summed E-state index contributed by atoms with van der Waals surface area (Å²) in [7, 11) is 0. The van der Waals surface area contributed by atoms with Gasteiger partial charge in [-0.05, 0) is 74.4 Å². The third-order valence-electron chi connectivity index (χ3n) is 6.90. The minimum absolute atomic E-state index is 0.0209. The van der Waals surface area contributed by atoms with E-state index in [1.54, 1.807) is 16.2 Å². The maximum atomic E-state index is 13.7. The standard InChI is InChI=1S/C29H35N3O3S/c1-5-22(4)32(29(34)30-23-12-10-20(2)11-13-23)18-28(33)31-16-14-27-24(15-17-36-27)25(31)19-35-26-9-7-6-8-21(26)3/h6-13,15,17,22,25H,5,14,16,18-19H2,1-4H3,(H,30,34)/t22-,25-/m0/s1. The lowest BCUT2D eigenvalue weighted by molar-refractivity contribution is -0.135. The van der Waals surface area contributed by atoms with Crippen molar-refractivity contribution in [2.24, 2.45) is 0 Å². The number of rotatable bonds is 8. The van der Waals surface area contributed by atoms with Gasteiger partial charge in [-0.2, -0.15) is 0 Å². The molecule has 0 radical (unpaired) electrons. The van der Waals surface area contributed by atoms with Crippen LogP contribution in [0.3, 0.4) is 0 Å². The number of nitrogens with one attached hydrogen (secondary N) is 1. The van der Waals surface area contributed by atoms with Gasteiger partial charge in [0.2, 0.25) is 5.91 Å². The van der Waals surface area contributed by atoms with Crippen LogP contribution in [-0.2, 0) is 11.2 Å². The van der Waals surface area contributed by atoms with Gasteiger partial charge in [0.25, 0.3) is 0 Å². The van der Waals surface area contributed by atoms with Crippen molar-refractivity contribution in [1.29, 1.82) is 0 Å². The summed E-state index contributed by atoms with van der Waals surface area (Å²) in [4.78, 5) is 31.8. The Kier molecular flexibility index (Phi) is 8.31. The number of ether oxygens (including phenoxy) is 1. The molecular weight excluding hydrogens is 470 g/mol. The zero-order valence-corrected chi connectivity index (χ0v) is 22.3. The molecule has 2 aromatic carbocycles. The quantitative estimate of drug-likeness (QED) is 0.396. The van der Waals surface area contributed by atoms with Crippen LogP contribution in [0.4, 0.5) is 10.5 Å². The molecule has 3 aromatic rings. The molecule has 2 heterocycles. The minimum atomic E-state index is -0.262. The van der Waals surface area contributed by atoms with Crippen LogP contribution in [0.2, 0.25) is 0 Å². The van der Waals surface area contributed by atoms with Crippen molar-refractivity contribution in [3.63, 3.8) is 0 Å². The summed E-state index contributed by atoms with van der Waals surface area (Å²) in [6, 6.07) is 17.2. The van der Waals surface area contributed by atoms with Crippen molar-refractivity contribution in [3.05, 3.63) is 81.5 Å². The van der Waals surface area contributed by atoms with Crippen LogP contribution in [0.15, 0.2) is 60.0 Å². The van der Waals surface area contributed by atoms with Gasteiger partial charge in [-0.15, -0.1) is 11.3 Å². The smallest absolute Gasteiger partial charge is 0.322 e. The fraction of sp³-hybridized carbons (Fsp3) is 0.379. The summed E-state index contributed by atoms with van der Waals surface area (Å²) < 4.78 is 6.21. The van der Waals surface area contributed by atoms with Gasteiger partial charge in [0.15, 0.2) is 0 Å². The molecule has 0 aliphatic carbocycles. The number of carbonyl (C=O) groups is 2. The summed E-state index contributed by atoms with van der Waals surface area (Å²) in [5.74, 6) is 0.760. The normalized spacial score (nSPS) is 15.7. The predicted molar refractivity (Wildman–Crippen MR) is 146 cm³/mol. The fourth-order valence-corrected chi connectivity index (χ4v) is 5.41. The molecule has 2 atom stereocenters. The molecule has 190 valence electrons. The summed E-state index contributed by atoms with van der Waals surface area (Å²) in [6.07, 6.45) is 1.57. The summed E-state index contributed by atoms with van der Waals surface area (Å²) in [5, 5.41) is 5.04. The number of carbonyl (C=O) groups excluding carboxylic acids is 2. The Morgan fingerprint density at radius 3 is 2.61 bits per heavy atom. The molecule has 6 nitrogen and oxygen atoms in total. The second-order valence-electron chi connectivity index (χ2n) is 9.41. The monoisotopic (exact) mass is 505 g/mol. The summed E-state index contributed by atoms with van der Waals surface area (Å²) >= 11 is 1.73. The number of anilines is 1. The number of hydrogen-bond acceptors (Lipinski definition) is 4. The first-order valence-corrected chi connectivity index (χ1v) is 13.4. The first kappa shape index (κ1) is 25.8. The van der Waals surface area contributed by atoms with Crippen molar-refractivity contribution in [1.82, 2.24) is 9.80 Å². The number of amides is 3. The molecule has 0 spiro atoms. The lowest BCUT2D eigenvalue weighted by atomic mass is 10.00. The van der Waals surface area contributed by atoms with Crippen molar-refractivity contribution in [2.45, 2.75) is 52.6 Å². The largest absolute Gasteiger partial charge is 0.491 e. The SMILES string of the molecule is CC[C@H](C)N(CC(=O)N1CCc2sccc2[C@@H]1COc1ccccc1C)C(=O)Nc1ccc(C)cc1. The van der Waals surface area contributed by atoms with Gasteiger partial charge in [-0.1, -0.05) is 42.8 Å². The highest BCUT2D eigenvalue weighted by atomic mass is 32.1. The molecule has 0 bridgehead atoms. The van der Waals surface area contributed by atoms with Crippen LogP contribution >= 0.6 is 11.3 Å². The van der Waals surface area contributed by atoms with E-state index in [1.165, 1.54) is 4.88 Å². The molecule has 3 amide bonds. The van der Waals surface area contributed by atoms with Crippen molar-refractivity contribution >= 4 is 29.0 Å². The number of aryl methyl sites for hydroxylation is 2. The van der Waals surface area contributed by atoms with Crippen LogP contribution in [0.5, 0.6) is 5.75 Å². The first-order chi connectivity index (χ1) is 17.4. The Morgan fingerprint density at radius 1 is 1.14 bits per heavy atom. The molecule has 4 rings (SSSR count). The molecule has 1 aliphatic rings. The van der Waals surface area contributed by atoms with Crippen molar-refractivity contribution in [2.75, 3.05) is 25.0 Å². The van der Waals surface area contributed by atoms with Gasteiger partial charge < -0.3 is 19.9 Å². The van der Waals surface area contributed by atoms with E-state index in [-0.39, 0.29) is 30.6 Å². The van der Waals surface area contributed by atoms with E-state index in [9.17, 15) is 9.59 Å². The lowest BCUT2D eigenvalue weighted by Gasteiger charge is -2.38. The summed E-state index contributed by atoms with van der Waals surface area (Å²) in [5.41, 5.74) is 4.05. The van der Waals surface area contributed by atoms with Crippen LogP contribution in [0.1, 0.15) is 47.9 Å². The van der Waals surface area contributed by atoms with Gasteiger partial charge in [0, 0.05) is 23.2 Å². The van der Waals surface area contributed by atoms with E-state index in [1.807, 2.05) is 81.1 Å². The number of thiophene rings is 1. The highest BCUT2D eigenvalue weighted by Gasteiger charge is 2.34.